The minimum absolute atomic E-state index is 0.849. The fourth-order valence-corrected chi connectivity index (χ4v) is 2.19. The first-order valence-electron chi connectivity index (χ1n) is 5.97. The van der Waals surface area contributed by atoms with Crippen LogP contribution in [0.5, 0.6) is 0 Å². The smallest absolute Gasteiger partial charge is 0.168 e. The van der Waals surface area contributed by atoms with Crippen molar-refractivity contribution in [3.63, 3.8) is 0 Å². The number of aryl methyl sites for hydroxylation is 1. The van der Waals surface area contributed by atoms with E-state index in [1.165, 1.54) is 5.56 Å². The maximum atomic E-state index is 4.22. The molecule has 0 unspecified atom stereocenters. The number of halogens is 1. The fourth-order valence-electron chi connectivity index (χ4n) is 1.93. The van der Waals surface area contributed by atoms with Gasteiger partial charge >= 0.3 is 0 Å². The molecule has 0 bridgehead atoms. The summed E-state index contributed by atoms with van der Waals surface area (Å²) in [7, 11) is 0. The molecule has 0 radical (unpaired) electrons. The monoisotopic (exact) mass is 313 g/mol. The summed E-state index contributed by atoms with van der Waals surface area (Å²) < 4.78 is 3.04. The molecule has 19 heavy (non-hydrogen) atoms. The molecular weight excluding hydrogens is 302 g/mol. The van der Waals surface area contributed by atoms with Gasteiger partial charge in [-0.05, 0) is 31.2 Å². The molecule has 94 valence electrons. The zero-order valence-corrected chi connectivity index (χ0v) is 12.0. The summed E-state index contributed by atoms with van der Waals surface area (Å²) >= 11 is 3.44. The largest absolute Gasteiger partial charge is 0.282 e. The fraction of sp³-hybridized carbons (Fsp3) is 0.0667. The molecule has 1 heterocycles. The Morgan fingerprint density at radius 3 is 2.32 bits per heavy atom. The molecule has 0 saturated carbocycles. The van der Waals surface area contributed by atoms with Crippen LogP contribution in [0, 0.1) is 6.92 Å². The first-order valence-corrected chi connectivity index (χ1v) is 6.76. The molecule has 3 nitrogen and oxygen atoms in total. The Morgan fingerprint density at radius 1 is 0.947 bits per heavy atom. The van der Waals surface area contributed by atoms with E-state index < -0.39 is 0 Å². The van der Waals surface area contributed by atoms with Crippen LogP contribution in [0.3, 0.4) is 0 Å². The van der Waals surface area contributed by atoms with E-state index in [2.05, 4.69) is 57.3 Å². The van der Waals surface area contributed by atoms with Crippen molar-refractivity contribution in [1.82, 2.24) is 14.8 Å². The maximum absolute atomic E-state index is 4.22. The Balaban J connectivity index is 2.07. The van der Waals surface area contributed by atoms with Crippen LogP contribution in [0.25, 0.3) is 17.1 Å². The molecule has 0 aliphatic rings. The van der Waals surface area contributed by atoms with Gasteiger partial charge in [0.2, 0.25) is 0 Å². The van der Waals surface area contributed by atoms with E-state index in [0.717, 1.165) is 21.5 Å². The second-order valence-corrected chi connectivity index (χ2v) is 5.28. The second kappa shape index (κ2) is 4.97. The molecule has 0 saturated heterocycles. The van der Waals surface area contributed by atoms with Crippen molar-refractivity contribution >= 4 is 15.9 Å². The third kappa shape index (κ3) is 2.44. The van der Waals surface area contributed by atoms with Crippen LogP contribution >= 0.6 is 15.9 Å². The molecule has 0 aliphatic carbocycles. The van der Waals surface area contributed by atoms with E-state index >= 15 is 0 Å². The average Bonchev–Trinajstić information content (AvgIpc) is 2.90. The standard InChI is InChI=1S/C15H12BrN3/c1-11-2-4-12(5-3-11)15-18-17-10-19(15)14-8-6-13(16)7-9-14/h2-10H,1H3. The molecule has 3 rings (SSSR count). The highest BCUT2D eigenvalue weighted by molar-refractivity contribution is 9.10. The van der Waals surface area contributed by atoms with Crippen molar-refractivity contribution in [2.45, 2.75) is 6.92 Å². The predicted molar refractivity (Wildman–Crippen MR) is 79.2 cm³/mol. The van der Waals surface area contributed by atoms with Gasteiger partial charge in [-0.3, -0.25) is 4.57 Å². The Morgan fingerprint density at radius 2 is 1.63 bits per heavy atom. The van der Waals surface area contributed by atoms with Gasteiger partial charge in [-0.25, -0.2) is 0 Å². The molecule has 0 spiro atoms. The molecule has 1 aromatic heterocycles. The first-order chi connectivity index (χ1) is 9.24. The van der Waals surface area contributed by atoms with Crippen molar-refractivity contribution in [2.24, 2.45) is 0 Å². The highest BCUT2D eigenvalue weighted by atomic mass is 79.9. The summed E-state index contributed by atoms with van der Waals surface area (Å²) in [6.45, 7) is 2.07. The highest BCUT2D eigenvalue weighted by Crippen LogP contribution is 2.22. The van der Waals surface area contributed by atoms with Crippen LogP contribution in [0.2, 0.25) is 0 Å². The van der Waals surface area contributed by atoms with Crippen molar-refractivity contribution in [3.8, 4) is 17.1 Å². The van der Waals surface area contributed by atoms with Crippen molar-refractivity contribution in [3.05, 3.63) is 64.9 Å². The van der Waals surface area contributed by atoms with Crippen LogP contribution in [-0.4, -0.2) is 14.8 Å². The lowest BCUT2D eigenvalue weighted by Crippen LogP contribution is -1.95. The predicted octanol–water partition coefficient (Wildman–Crippen LogP) is 4.01. The van der Waals surface area contributed by atoms with Crippen LogP contribution in [0.1, 0.15) is 5.56 Å². The van der Waals surface area contributed by atoms with Crippen LogP contribution < -0.4 is 0 Å². The average molecular weight is 314 g/mol. The minimum Gasteiger partial charge on any atom is -0.282 e. The number of hydrogen-bond donors (Lipinski definition) is 0. The zero-order valence-electron chi connectivity index (χ0n) is 10.4. The van der Waals surface area contributed by atoms with Gasteiger partial charge in [0.25, 0.3) is 0 Å². The first kappa shape index (κ1) is 12.1. The molecule has 0 amide bonds. The summed E-state index contributed by atoms with van der Waals surface area (Å²) in [4.78, 5) is 0. The third-order valence-electron chi connectivity index (χ3n) is 2.96. The third-order valence-corrected chi connectivity index (χ3v) is 3.49. The lowest BCUT2D eigenvalue weighted by molar-refractivity contribution is 1.06. The normalized spacial score (nSPS) is 10.6. The molecule has 0 aliphatic heterocycles. The van der Waals surface area contributed by atoms with E-state index in [9.17, 15) is 0 Å². The summed E-state index contributed by atoms with van der Waals surface area (Å²) in [5.74, 6) is 0.849. The zero-order chi connectivity index (χ0) is 13.2. The summed E-state index contributed by atoms with van der Waals surface area (Å²) in [6.07, 6.45) is 1.73. The van der Waals surface area contributed by atoms with E-state index in [4.69, 9.17) is 0 Å². The van der Waals surface area contributed by atoms with E-state index in [-0.39, 0.29) is 0 Å². The van der Waals surface area contributed by atoms with Gasteiger partial charge in [0.05, 0.1) is 0 Å². The Kier molecular flexibility index (Phi) is 3.17. The summed E-state index contributed by atoms with van der Waals surface area (Å²) in [5.41, 5.74) is 3.34. The van der Waals surface area contributed by atoms with Crippen molar-refractivity contribution < 1.29 is 0 Å². The molecule has 0 fully saturated rings. The highest BCUT2D eigenvalue weighted by Gasteiger charge is 2.08. The Labute approximate surface area is 120 Å². The Hall–Kier alpha value is -1.94. The lowest BCUT2D eigenvalue weighted by Gasteiger charge is -2.07. The molecular formula is C15H12BrN3. The van der Waals surface area contributed by atoms with E-state index in [1.54, 1.807) is 6.33 Å². The molecule has 3 aromatic rings. The number of rotatable bonds is 2. The quantitative estimate of drug-likeness (QED) is 0.715. The maximum Gasteiger partial charge on any atom is 0.168 e. The SMILES string of the molecule is Cc1ccc(-c2nncn2-c2ccc(Br)cc2)cc1. The number of benzene rings is 2. The topological polar surface area (TPSA) is 30.7 Å². The van der Waals surface area contributed by atoms with Crippen LogP contribution in [0.4, 0.5) is 0 Å². The summed E-state index contributed by atoms with van der Waals surface area (Å²) in [5, 5.41) is 8.24. The summed E-state index contributed by atoms with van der Waals surface area (Å²) in [6, 6.07) is 16.4. The Bertz CT molecular complexity index is 624. The number of hydrogen-bond acceptors (Lipinski definition) is 2. The second-order valence-electron chi connectivity index (χ2n) is 4.37. The van der Waals surface area contributed by atoms with Gasteiger partial charge in [-0.2, -0.15) is 0 Å². The van der Waals surface area contributed by atoms with Gasteiger partial charge in [0.15, 0.2) is 5.82 Å². The number of nitrogens with zero attached hydrogens (tertiary/aromatic N) is 3. The van der Waals surface area contributed by atoms with Gasteiger partial charge in [-0.1, -0.05) is 45.8 Å². The van der Waals surface area contributed by atoms with Crippen LogP contribution in [-0.2, 0) is 0 Å². The van der Waals surface area contributed by atoms with Crippen molar-refractivity contribution in [2.75, 3.05) is 0 Å². The van der Waals surface area contributed by atoms with E-state index in [1.807, 2.05) is 28.8 Å². The number of aromatic nitrogens is 3. The lowest BCUT2D eigenvalue weighted by atomic mass is 10.1. The van der Waals surface area contributed by atoms with Gasteiger partial charge in [0, 0.05) is 15.7 Å². The van der Waals surface area contributed by atoms with Gasteiger partial charge < -0.3 is 0 Å². The molecule has 0 atom stereocenters. The minimum atomic E-state index is 0.849. The molecule has 0 N–H and O–H groups in total. The molecule has 4 heteroatoms. The van der Waals surface area contributed by atoms with Gasteiger partial charge in [0.1, 0.15) is 6.33 Å². The van der Waals surface area contributed by atoms with E-state index in [0.29, 0.717) is 0 Å². The van der Waals surface area contributed by atoms with Gasteiger partial charge in [-0.15, -0.1) is 10.2 Å². The molecule has 2 aromatic carbocycles. The van der Waals surface area contributed by atoms with Crippen molar-refractivity contribution in [1.29, 1.82) is 0 Å². The van der Waals surface area contributed by atoms with Crippen LogP contribution in [0.15, 0.2) is 59.3 Å².